The van der Waals surface area contributed by atoms with Crippen LogP contribution in [0.2, 0.25) is 0 Å². The SMILES string of the molecule is [CH2]C#CC1CCC1. The zero-order chi connectivity index (χ0) is 5.11. The maximum atomic E-state index is 3.45. The topological polar surface area (TPSA) is 0 Å². The van der Waals surface area contributed by atoms with E-state index in [9.17, 15) is 0 Å². The van der Waals surface area contributed by atoms with Gasteiger partial charge in [-0.05, 0) is 12.8 Å². The third-order valence-corrected chi connectivity index (χ3v) is 1.41. The lowest BCUT2D eigenvalue weighted by Crippen LogP contribution is -2.07. The lowest BCUT2D eigenvalue weighted by Gasteiger charge is -2.18. The van der Waals surface area contributed by atoms with Crippen LogP contribution in [0.25, 0.3) is 0 Å². The smallest absolute Gasteiger partial charge is 0.0202 e. The molecule has 0 bridgehead atoms. The molecule has 0 aromatic heterocycles. The van der Waals surface area contributed by atoms with E-state index in [-0.39, 0.29) is 0 Å². The summed E-state index contributed by atoms with van der Waals surface area (Å²) in [6.45, 7) is 3.45. The van der Waals surface area contributed by atoms with Gasteiger partial charge < -0.3 is 0 Å². The van der Waals surface area contributed by atoms with Crippen molar-refractivity contribution in [2.75, 3.05) is 0 Å². The van der Waals surface area contributed by atoms with Gasteiger partial charge in [-0.25, -0.2) is 0 Å². The van der Waals surface area contributed by atoms with Gasteiger partial charge in [-0.15, -0.1) is 5.92 Å². The summed E-state index contributed by atoms with van der Waals surface area (Å²) in [5, 5.41) is 0. The third-order valence-electron chi connectivity index (χ3n) is 1.41. The molecule has 0 aromatic rings. The zero-order valence-electron chi connectivity index (χ0n) is 4.41. The Morgan fingerprint density at radius 1 is 1.43 bits per heavy atom. The fourth-order valence-corrected chi connectivity index (χ4v) is 0.697. The van der Waals surface area contributed by atoms with Crippen LogP contribution in [0.15, 0.2) is 0 Å². The molecule has 0 N–H and O–H groups in total. The van der Waals surface area contributed by atoms with Crippen LogP contribution in [0.1, 0.15) is 19.3 Å². The van der Waals surface area contributed by atoms with Crippen LogP contribution in [0.5, 0.6) is 0 Å². The van der Waals surface area contributed by atoms with Gasteiger partial charge in [-0.2, -0.15) is 0 Å². The Balaban J connectivity index is 2.23. The summed E-state index contributed by atoms with van der Waals surface area (Å²) in [6.07, 6.45) is 3.99. The van der Waals surface area contributed by atoms with Gasteiger partial charge >= 0.3 is 0 Å². The summed E-state index contributed by atoms with van der Waals surface area (Å²) < 4.78 is 0. The van der Waals surface area contributed by atoms with Crippen molar-refractivity contribution in [2.45, 2.75) is 19.3 Å². The lowest BCUT2D eigenvalue weighted by molar-refractivity contribution is 0.401. The monoisotopic (exact) mass is 93.1 g/mol. The van der Waals surface area contributed by atoms with Crippen molar-refractivity contribution in [2.24, 2.45) is 5.92 Å². The summed E-state index contributed by atoms with van der Waals surface area (Å²) in [4.78, 5) is 0. The number of hydrogen-bond donors (Lipinski definition) is 0. The van der Waals surface area contributed by atoms with Crippen LogP contribution in [0.3, 0.4) is 0 Å². The maximum absolute atomic E-state index is 3.45. The van der Waals surface area contributed by atoms with Crippen LogP contribution < -0.4 is 0 Å². The standard InChI is InChI=1S/C7H9/c1-2-4-7-5-3-6-7/h7H,1,3,5-6H2. The van der Waals surface area contributed by atoms with Crippen molar-refractivity contribution < 1.29 is 0 Å². The summed E-state index contributed by atoms with van der Waals surface area (Å²) >= 11 is 0. The molecular weight excluding hydrogens is 84.1 g/mol. The second kappa shape index (κ2) is 2.02. The predicted molar refractivity (Wildman–Crippen MR) is 30.5 cm³/mol. The van der Waals surface area contributed by atoms with E-state index in [1.807, 2.05) is 0 Å². The molecular formula is C7H9. The molecule has 0 aromatic carbocycles. The molecule has 0 aliphatic heterocycles. The molecule has 0 saturated heterocycles. The van der Waals surface area contributed by atoms with Crippen molar-refractivity contribution >= 4 is 0 Å². The van der Waals surface area contributed by atoms with Crippen molar-refractivity contribution in [1.29, 1.82) is 0 Å². The Morgan fingerprint density at radius 2 is 2.14 bits per heavy atom. The normalized spacial score (nSPS) is 19.6. The maximum Gasteiger partial charge on any atom is 0.0202 e. The lowest BCUT2D eigenvalue weighted by atomic mass is 9.86. The van der Waals surface area contributed by atoms with Gasteiger partial charge in [0.25, 0.3) is 0 Å². The molecule has 37 valence electrons. The van der Waals surface area contributed by atoms with Crippen LogP contribution in [-0.4, -0.2) is 0 Å². The molecule has 0 heterocycles. The average Bonchev–Trinajstić information content (AvgIpc) is 1.55. The minimum Gasteiger partial charge on any atom is -0.102 e. The highest BCUT2D eigenvalue weighted by molar-refractivity contribution is 5.07. The van der Waals surface area contributed by atoms with Gasteiger partial charge in [0, 0.05) is 12.8 Å². The summed E-state index contributed by atoms with van der Waals surface area (Å²) in [6, 6.07) is 0. The minimum atomic E-state index is 0.706. The highest BCUT2D eigenvalue weighted by Crippen LogP contribution is 2.24. The third kappa shape index (κ3) is 0.962. The predicted octanol–water partition coefficient (Wildman–Crippen LogP) is 1.62. The van der Waals surface area contributed by atoms with E-state index in [1.54, 1.807) is 0 Å². The molecule has 1 fully saturated rings. The van der Waals surface area contributed by atoms with Crippen molar-refractivity contribution in [1.82, 2.24) is 0 Å². The Bertz CT molecular complexity index is 98.9. The van der Waals surface area contributed by atoms with Crippen LogP contribution in [0, 0.1) is 24.7 Å². The highest BCUT2D eigenvalue weighted by Gasteiger charge is 2.12. The van der Waals surface area contributed by atoms with E-state index >= 15 is 0 Å². The molecule has 0 spiro atoms. The molecule has 0 unspecified atom stereocenters. The van der Waals surface area contributed by atoms with E-state index in [1.165, 1.54) is 19.3 Å². The van der Waals surface area contributed by atoms with Crippen molar-refractivity contribution in [3.8, 4) is 11.8 Å². The Labute approximate surface area is 44.9 Å². The summed E-state index contributed by atoms with van der Waals surface area (Å²) in [5.41, 5.74) is 0. The zero-order valence-corrected chi connectivity index (χ0v) is 4.41. The van der Waals surface area contributed by atoms with Gasteiger partial charge in [0.2, 0.25) is 0 Å². The fraction of sp³-hybridized carbons (Fsp3) is 0.571. The molecule has 1 radical (unpaired) electrons. The highest BCUT2D eigenvalue weighted by atomic mass is 14.2. The molecule has 0 nitrogen and oxygen atoms in total. The molecule has 1 saturated carbocycles. The largest absolute Gasteiger partial charge is 0.102 e. The summed E-state index contributed by atoms with van der Waals surface area (Å²) in [7, 11) is 0. The quantitative estimate of drug-likeness (QED) is 0.399. The van der Waals surface area contributed by atoms with Gasteiger partial charge in [0.15, 0.2) is 0 Å². The van der Waals surface area contributed by atoms with Crippen LogP contribution in [0.4, 0.5) is 0 Å². The minimum absolute atomic E-state index is 0.706. The van der Waals surface area contributed by atoms with E-state index in [2.05, 4.69) is 18.8 Å². The van der Waals surface area contributed by atoms with Crippen LogP contribution >= 0.6 is 0 Å². The van der Waals surface area contributed by atoms with E-state index in [4.69, 9.17) is 0 Å². The van der Waals surface area contributed by atoms with Gasteiger partial charge in [-0.1, -0.05) is 12.3 Å². The molecule has 0 amide bonds. The molecule has 0 heteroatoms. The molecule has 1 aliphatic rings. The van der Waals surface area contributed by atoms with Gasteiger partial charge in [0.1, 0.15) is 0 Å². The molecule has 1 aliphatic carbocycles. The second-order valence-corrected chi connectivity index (χ2v) is 1.95. The molecule has 1 rings (SSSR count). The van der Waals surface area contributed by atoms with E-state index < -0.39 is 0 Å². The van der Waals surface area contributed by atoms with Gasteiger partial charge in [0.05, 0.1) is 0 Å². The average molecular weight is 93.1 g/mol. The fourth-order valence-electron chi connectivity index (χ4n) is 0.697. The second-order valence-electron chi connectivity index (χ2n) is 1.95. The number of rotatable bonds is 0. The first-order valence-corrected chi connectivity index (χ1v) is 2.71. The Kier molecular flexibility index (Phi) is 1.36. The first-order valence-electron chi connectivity index (χ1n) is 2.71. The Morgan fingerprint density at radius 3 is 2.29 bits per heavy atom. The summed E-state index contributed by atoms with van der Waals surface area (Å²) in [5.74, 6) is 6.40. The molecule has 7 heavy (non-hydrogen) atoms. The van der Waals surface area contributed by atoms with E-state index in [0.29, 0.717) is 5.92 Å². The van der Waals surface area contributed by atoms with Crippen molar-refractivity contribution in [3.63, 3.8) is 0 Å². The first-order chi connectivity index (χ1) is 3.43. The first kappa shape index (κ1) is 4.71. The number of hydrogen-bond acceptors (Lipinski definition) is 0. The Hall–Kier alpha value is -0.440. The van der Waals surface area contributed by atoms with Crippen LogP contribution in [-0.2, 0) is 0 Å². The van der Waals surface area contributed by atoms with Gasteiger partial charge in [-0.3, -0.25) is 0 Å². The van der Waals surface area contributed by atoms with Crippen molar-refractivity contribution in [3.05, 3.63) is 6.92 Å². The molecule has 0 atom stereocenters. The van der Waals surface area contributed by atoms with E-state index in [0.717, 1.165) is 0 Å².